The van der Waals surface area contributed by atoms with E-state index in [9.17, 15) is 16.8 Å². The third-order valence-electron chi connectivity index (χ3n) is 2.31. The average molecular weight is 286 g/mol. The number of hydrogen-bond donors (Lipinski definition) is 2. The molecule has 0 saturated carbocycles. The zero-order valence-electron chi connectivity index (χ0n) is 10.6. The highest BCUT2D eigenvalue weighted by molar-refractivity contribution is 7.93. The van der Waals surface area contributed by atoms with E-state index in [0.29, 0.717) is 13.0 Å². The molecule has 0 rings (SSSR count). The number of nitrogens with one attached hydrogen (secondary N) is 1. The van der Waals surface area contributed by atoms with E-state index in [0.717, 1.165) is 6.26 Å². The van der Waals surface area contributed by atoms with Crippen LogP contribution in [0.15, 0.2) is 0 Å². The summed E-state index contributed by atoms with van der Waals surface area (Å²) in [5.74, 6) is -0.760. The van der Waals surface area contributed by atoms with Gasteiger partial charge in [0.05, 0.1) is 11.5 Å². The smallest absolute Gasteiger partial charge is 0.212 e. The molecule has 0 saturated heterocycles. The number of nitrogens with two attached hydrogens (primary N) is 1. The lowest BCUT2D eigenvalue weighted by Crippen LogP contribution is -2.37. The maximum Gasteiger partial charge on any atom is 0.212 e. The maximum atomic E-state index is 11.5. The molecular weight excluding hydrogens is 264 g/mol. The van der Waals surface area contributed by atoms with Crippen LogP contribution in [-0.4, -0.2) is 47.7 Å². The van der Waals surface area contributed by atoms with E-state index in [-0.39, 0.29) is 17.7 Å². The lowest BCUT2D eigenvalue weighted by Gasteiger charge is -2.23. The molecule has 0 aromatic carbocycles. The Bertz CT molecular complexity index is 426. The van der Waals surface area contributed by atoms with Crippen molar-refractivity contribution in [2.75, 3.05) is 30.9 Å². The van der Waals surface area contributed by atoms with Gasteiger partial charge in [-0.25, -0.2) is 21.6 Å². The van der Waals surface area contributed by atoms with E-state index in [2.05, 4.69) is 4.72 Å². The topological polar surface area (TPSA) is 106 Å². The van der Waals surface area contributed by atoms with Crippen LogP contribution in [0.1, 0.15) is 20.3 Å². The van der Waals surface area contributed by atoms with Crippen LogP contribution < -0.4 is 10.5 Å². The molecule has 0 aromatic heterocycles. The van der Waals surface area contributed by atoms with E-state index in [1.807, 2.05) is 13.8 Å². The molecule has 0 aromatic rings. The molecule has 6 nitrogen and oxygen atoms in total. The first-order valence-electron chi connectivity index (χ1n) is 5.33. The van der Waals surface area contributed by atoms with Gasteiger partial charge in [-0.1, -0.05) is 13.8 Å². The largest absolute Gasteiger partial charge is 0.330 e. The molecule has 0 atom stereocenters. The van der Waals surface area contributed by atoms with E-state index in [1.165, 1.54) is 0 Å². The number of hydrogen-bond acceptors (Lipinski definition) is 5. The van der Waals surface area contributed by atoms with Crippen molar-refractivity contribution in [1.82, 2.24) is 4.72 Å². The second-order valence-corrected chi connectivity index (χ2v) is 9.16. The number of sulfone groups is 1. The summed E-state index contributed by atoms with van der Waals surface area (Å²) in [6.07, 6.45) is 1.71. The van der Waals surface area contributed by atoms with Crippen molar-refractivity contribution in [1.29, 1.82) is 0 Å². The minimum atomic E-state index is -3.54. The minimum Gasteiger partial charge on any atom is -0.330 e. The average Bonchev–Trinajstić information content (AvgIpc) is 2.12. The molecule has 0 fully saturated rings. The van der Waals surface area contributed by atoms with Gasteiger partial charge in [-0.3, -0.25) is 0 Å². The lowest BCUT2D eigenvalue weighted by atomic mass is 9.90. The van der Waals surface area contributed by atoms with Gasteiger partial charge in [0.1, 0.15) is 9.84 Å². The Kier molecular flexibility index (Phi) is 6.06. The number of sulfonamides is 1. The predicted octanol–water partition coefficient (Wildman–Crippen LogP) is -0.675. The molecule has 3 N–H and O–H groups in total. The summed E-state index contributed by atoms with van der Waals surface area (Å²) in [4.78, 5) is 0. The summed E-state index contributed by atoms with van der Waals surface area (Å²) >= 11 is 0. The molecule has 104 valence electrons. The van der Waals surface area contributed by atoms with Crippen molar-refractivity contribution < 1.29 is 16.8 Å². The molecule has 17 heavy (non-hydrogen) atoms. The predicted molar refractivity (Wildman–Crippen MR) is 69.0 cm³/mol. The van der Waals surface area contributed by atoms with Crippen LogP contribution in [0.4, 0.5) is 0 Å². The van der Waals surface area contributed by atoms with Crippen LogP contribution in [0.2, 0.25) is 0 Å². The normalized spacial score (nSPS) is 13.9. The van der Waals surface area contributed by atoms with Crippen molar-refractivity contribution in [2.45, 2.75) is 20.3 Å². The van der Waals surface area contributed by atoms with Crippen molar-refractivity contribution in [3.63, 3.8) is 0 Å². The molecule has 0 aliphatic rings. The minimum absolute atomic E-state index is 0.229. The lowest BCUT2D eigenvalue weighted by molar-refractivity contribution is 0.340. The van der Waals surface area contributed by atoms with Crippen molar-refractivity contribution in [3.05, 3.63) is 0 Å². The maximum absolute atomic E-state index is 11.5. The Morgan fingerprint density at radius 3 is 2.06 bits per heavy atom. The van der Waals surface area contributed by atoms with Crippen LogP contribution in [0.3, 0.4) is 0 Å². The van der Waals surface area contributed by atoms with Gasteiger partial charge in [-0.05, 0) is 18.4 Å². The quantitative estimate of drug-likeness (QED) is 0.615. The second kappa shape index (κ2) is 6.12. The summed E-state index contributed by atoms with van der Waals surface area (Å²) in [5, 5.41) is 0. The summed E-state index contributed by atoms with van der Waals surface area (Å²) in [5.41, 5.74) is 5.18. The van der Waals surface area contributed by atoms with E-state index >= 15 is 0 Å². The van der Waals surface area contributed by atoms with Crippen molar-refractivity contribution in [2.24, 2.45) is 11.1 Å². The first kappa shape index (κ1) is 16.8. The van der Waals surface area contributed by atoms with Crippen LogP contribution >= 0.6 is 0 Å². The first-order chi connectivity index (χ1) is 7.47. The Morgan fingerprint density at radius 2 is 1.65 bits per heavy atom. The molecule has 0 amide bonds. The molecule has 0 aliphatic heterocycles. The fraction of sp³-hybridized carbons (Fsp3) is 1.00. The monoisotopic (exact) mass is 286 g/mol. The zero-order chi connectivity index (χ0) is 13.7. The standard InChI is InChI=1S/C9H22N2O4S2/c1-9(2,4-5-10)8-11-17(14,15)7-6-16(3,12)13/h11H,4-8,10H2,1-3H3. The summed E-state index contributed by atoms with van der Waals surface area (Å²) < 4.78 is 47.2. The Balaban J connectivity index is 4.29. The van der Waals surface area contributed by atoms with E-state index in [1.54, 1.807) is 0 Å². The fourth-order valence-electron chi connectivity index (χ4n) is 1.12. The summed E-state index contributed by atoms with van der Waals surface area (Å²) in [6, 6.07) is 0. The molecule has 0 radical (unpaired) electrons. The fourth-order valence-corrected chi connectivity index (χ4v) is 3.96. The molecule has 0 unspecified atom stereocenters. The Morgan fingerprint density at radius 1 is 1.12 bits per heavy atom. The summed E-state index contributed by atoms with van der Waals surface area (Å²) in [7, 11) is -6.80. The van der Waals surface area contributed by atoms with E-state index < -0.39 is 25.6 Å². The number of rotatable bonds is 8. The van der Waals surface area contributed by atoms with Gasteiger partial charge in [0, 0.05) is 12.8 Å². The molecule has 8 heteroatoms. The van der Waals surface area contributed by atoms with E-state index in [4.69, 9.17) is 5.73 Å². The molecule has 0 bridgehead atoms. The van der Waals surface area contributed by atoms with Crippen LogP contribution in [0.5, 0.6) is 0 Å². The molecular formula is C9H22N2O4S2. The van der Waals surface area contributed by atoms with Gasteiger partial charge in [0.25, 0.3) is 0 Å². The first-order valence-corrected chi connectivity index (χ1v) is 9.04. The van der Waals surface area contributed by atoms with Crippen LogP contribution in [-0.2, 0) is 19.9 Å². The Labute approximate surface area is 104 Å². The van der Waals surface area contributed by atoms with Crippen LogP contribution in [0.25, 0.3) is 0 Å². The second-order valence-electron chi connectivity index (χ2n) is 4.97. The van der Waals surface area contributed by atoms with Crippen molar-refractivity contribution in [3.8, 4) is 0 Å². The van der Waals surface area contributed by atoms with Crippen molar-refractivity contribution >= 4 is 19.9 Å². The van der Waals surface area contributed by atoms with Gasteiger partial charge in [-0.15, -0.1) is 0 Å². The van der Waals surface area contributed by atoms with Gasteiger partial charge in [0.15, 0.2) is 0 Å². The SMILES string of the molecule is CC(C)(CCN)CNS(=O)(=O)CCS(C)(=O)=O. The van der Waals surface area contributed by atoms with Gasteiger partial charge < -0.3 is 5.73 Å². The Hall–Kier alpha value is -0.180. The van der Waals surface area contributed by atoms with Gasteiger partial charge >= 0.3 is 0 Å². The zero-order valence-corrected chi connectivity index (χ0v) is 12.2. The highest BCUT2D eigenvalue weighted by atomic mass is 32.2. The highest BCUT2D eigenvalue weighted by Crippen LogP contribution is 2.17. The molecule has 0 spiro atoms. The summed E-state index contributed by atoms with van der Waals surface area (Å²) in [6.45, 7) is 4.55. The molecule has 0 aliphatic carbocycles. The third kappa shape index (κ3) is 9.51. The van der Waals surface area contributed by atoms with Gasteiger partial charge in [-0.2, -0.15) is 0 Å². The van der Waals surface area contributed by atoms with Gasteiger partial charge in [0.2, 0.25) is 10.0 Å². The van der Waals surface area contributed by atoms with Crippen LogP contribution in [0, 0.1) is 5.41 Å². The highest BCUT2D eigenvalue weighted by Gasteiger charge is 2.21. The third-order valence-corrected chi connectivity index (χ3v) is 4.84. The molecule has 0 heterocycles.